The molecular formula is C33H19FIrN6O-2. The number of fused-ring (bicyclic) bond motifs is 4. The van der Waals surface area contributed by atoms with Crippen molar-refractivity contribution in [1.82, 2.24) is 29.9 Å². The summed E-state index contributed by atoms with van der Waals surface area (Å²) in [4.78, 5) is 8.90. The van der Waals surface area contributed by atoms with E-state index in [-0.39, 0.29) is 25.9 Å². The zero-order valence-electron chi connectivity index (χ0n) is 21.8. The van der Waals surface area contributed by atoms with E-state index in [1.165, 1.54) is 12.1 Å². The normalized spacial score (nSPS) is 10.8. The summed E-state index contributed by atoms with van der Waals surface area (Å²) in [5.41, 5.74) is 5.80. The molecule has 0 amide bonds. The first-order chi connectivity index (χ1) is 20.3. The Bertz CT molecular complexity index is 2080. The zero-order chi connectivity index (χ0) is 27.6. The Hall–Kier alpha value is -5.11. The summed E-state index contributed by atoms with van der Waals surface area (Å²) >= 11 is 0. The Balaban J connectivity index is 0.000000205. The molecule has 0 unspecified atom stereocenters. The molecule has 4 aromatic carbocycles. The fourth-order valence-electron chi connectivity index (χ4n) is 4.72. The average Bonchev–Trinajstić information content (AvgIpc) is 3.61. The van der Waals surface area contributed by atoms with E-state index in [1.54, 1.807) is 18.5 Å². The molecular weight excluding hydrogens is 708 g/mol. The van der Waals surface area contributed by atoms with Gasteiger partial charge in [0.1, 0.15) is 16.9 Å². The number of hydrogen-bond acceptors (Lipinski definition) is 6. The van der Waals surface area contributed by atoms with Crippen LogP contribution in [-0.4, -0.2) is 29.9 Å². The summed E-state index contributed by atoms with van der Waals surface area (Å²) in [6, 6.07) is 38.1. The summed E-state index contributed by atoms with van der Waals surface area (Å²) in [5.74, 6) is 0.249. The number of aromatic nitrogens is 6. The van der Waals surface area contributed by atoms with Crippen molar-refractivity contribution < 1.29 is 28.9 Å². The monoisotopic (exact) mass is 727 g/mol. The van der Waals surface area contributed by atoms with Crippen LogP contribution in [0.2, 0.25) is 0 Å². The summed E-state index contributed by atoms with van der Waals surface area (Å²) < 4.78 is 21.7. The van der Waals surface area contributed by atoms with Gasteiger partial charge in [0.2, 0.25) is 0 Å². The van der Waals surface area contributed by atoms with E-state index in [0.29, 0.717) is 33.7 Å². The minimum Gasteiger partial charge on any atom is -0.500 e. The van der Waals surface area contributed by atoms with Gasteiger partial charge in [-0.2, -0.15) is 0 Å². The van der Waals surface area contributed by atoms with Crippen LogP contribution >= 0.6 is 0 Å². The van der Waals surface area contributed by atoms with E-state index >= 15 is 0 Å². The molecule has 8 rings (SSSR count). The van der Waals surface area contributed by atoms with Crippen LogP contribution in [0.25, 0.3) is 61.4 Å². The van der Waals surface area contributed by atoms with Gasteiger partial charge in [0, 0.05) is 43.4 Å². The van der Waals surface area contributed by atoms with Crippen molar-refractivity contribution in [3.8, 4) is 28.3 Å². The van der Waals surface area contributed by atoms with Crippen LogP contribution in [0.15, 0.2) is 120 Å². The van der Waals surface area contributed by atoms with Gasteiger partial charge in [0.25, 0.3) is 0 Å². The van der Waals surface area contributed by atoms with Crippen molar-refractivity contribution in [2.75, 3.05) is 0 Å². The van der Waals surface area contributed by atoms with Gasteiger partial charge in [-0.1, -0.05) is 41.3 Å². The molecule has 0 saturated heterocycles. The minimum atomic E-state index is -0.347. The molecule has 0 saturated carbocycles. The predicted molar refractivity (Wildman–Crippen MR) is 154 cm³/mol. The molecule has 8 aromatic rings. The van der Waals surface area contributed by atoms with E-state index in [9.17, 15) is 4.39 Å². The summed E-state index contributed by atoms with van der Waals surface area (Å²) in [5, 5.41) is 13.4. The first-order valence-electron chi connectivity index (χ1n) is 12.8. The Morgan fingerprint density at radius 3 is 2.48 bits per heavy atom. The van der Waals surface area contributed by atoms with E-state index in [2.05, 4.69) is 37.5 Å². The van der Waals surface area contributed by atoms with Crippen LogP contribution in [-0.2, 0) is 20.1 Å². The fraction of sp³-hybridized carbons (Fsp3) is 0. The molecule has 0 aliphatic rings. The quantitative estimate of drug-likeness (QED) is 0.178. The van der Waals surface area contributed by atoms with Gasteiger partial charge in [-0.3, -0.25) is 4.98 Å². The van der Waals surface area contributed by atoms with Crippen LogP contribution in [0, 0.1) is 17.9 Å². The van der Waals surface area contributed by atoms with Gasteiger partial charge in [-0.15, -0.1) is 64.3 Å². The Morgan fingerprint density at radius 1 is 0.810 bits per heavy atom. The molecule has 9 heteroatoms. The van der Waals surface area contributed by atoms with Crippen LogP contribution in [0.3, 0.4) is 0 Å². The van der Waals surface area contributed by atoms with Crippen molar-refractivity contribution in [3.63, 3.8) is 0 Å². The van der Waals surface area contributed by atoms with E-state index in [4.69, 9.17) is 4.42 Å². The first kappa shape index (κ1) is 27.1. The van der Waals surface area contributed by atoms with Crippen LogP contribution < -0.4 is 0 Å². The molecule has 4 aromatic heterocycles. The van der Waals surface area contributed by atoms with Gasteiger partial charge in [0.05, 0.1) is 17.6 Å². The third-order valence-corrected chi connectivity index (χ3v) is 6.55. The Morgan fingerprint density at radius 2 is 1.67 bits per heavy atom. The van der Waals surface area contributed by atoms with E-state index in [0.717, 1.165) is 27.7 Å². The number of benzene rings is 4. The second kappa shape index (κ2) is 11.8. The number of pyridine rings is 1. The average molecular weight is 727 g/mol. The number of halogens is 1. The van der Waals surface area contributed by atoms with Gasteiger partial charge >= 0.3 is 0 Å². The molecule has 0 bridgehead atoms. The Kier molecular flexibility index (Phi) is 7.60. The molecule has 1 radical (unpaired) electrons. The molecule has 42 heavy (non-hydrogen) atoms. The molecule has 205 valence electrons. The fourth-order valence-corrected chi connectivity index (χ4v) is 4.72. The summed E-state index contributed by atoms with van der Waals surface area (Å²) in [6.45, 7) is 0. The maximum Gasteiger partial charge on any atom is 0.194 e. The number of nitrogens with zero attached hydrogens (tertiary/aromatic N) is 6. The van der Waals surface area contributed by atoms with Crippen LogP contribution in [0.4, 0.5) is 4.39 Å². The van der Waals surface area contributed by atoms with Gasteiger partial charge in [-0.05, 0) is 41.2 Å². The third kappa shape index (κ3) is 5.07. The number of para-hydroxylation sites is 1. The molecule has 0 fully saturated rings. The van der Waals surface area contributed by atoms with Crippen molar-refractivity contribution in [3.05, 3.63) is 133 Å². The topological polar surface area (TPSA) is 82.5 Å². The molecule has 0 spiro atoms. The van der Waals surface area contributed by atoms with Crippen molar-refractivity contribution in [2.24, 2.45) is 0 Å². The van der Waals surface area contributed by atoms with Gasteiger partial charge in [-0.25, -0.2) is 4.39 Å². The summed E-state index contributed by atoms with van der Waals surface area (Å²) in [6.07, 6.45) is 3.41. The van der Waals surface area contributed by atoms with Gasteiger partial charge in [0.15, 0.2) is 5.65 Å². The summed E-state index contributed by atoms with van der Waals surface area (Å²) in [7, 11) is 0. The van der Waals surface area contributed by atoms with Crippen molar-refractivity contribution in [1.29, 1.82) is 0 Å². The molecule has 7 nitrogen and oxygen atoms in total. The van der Waals surface area contributed by atoms with Crippen LogP contribution in [0.5, 0.6) is 0 Å². The second-order valence-electron chi connectivity index (χ2n) is 9.08. The Labute approximate surface area is 253 Å². The van der Waals surface area contributed by atoms with Crippen molar-refractivity contribution in [2.45, 2.75) is 0 Å². The smallest absolute Gasteiger partial charge is 0.194 e. The first-order valence-corrected chi connectivity index (χ1v) is 12.8. The number of hydrogen-bond donors (Lipinski definition) is 0. The SMILES string of the molecule is Fc1ccc2c(c1)oc1c(-c3nc4nnncc4n3-c3ccccc3)[c-]ccc12.[Ir].[c-]1ccccc1-c1ccccn1. The van der Waals surface area contributed by atoms with Crippen molar-refractivity contribution >= 4 is 33.1 Å². The molecule has 0 N–H and O–H groups in total. The molecule has 4 heterocycles. The van der Waals surface area contributed by atoms with Crippen LogP contribution in [0.1, 0.15) is 0 Å². The number of imidazole rings is 1. The molecule has 0 atom stereocenters. The number of furan rings is 1. The second-order valence-corrected chi connectivity index (χ2v) is 9.08. The zero-order valence-corrected chi connectivity index (χ0v) is 24.2. The number of rotatable bonds is 3. The van der Waals surface area contributed by atoms with E-state index in [1.807, 2.05) is 89.5 Å². The predicted octanol–water partition coefficient (Wildman–Crippen LogP) is 7.26. The minimum absolute atomic E-state index is 0. The third-order valence-electron chi connectivity index (χ3n) is 6.55. The molecule has 0 aliphatic heterocycles. The molecule has 0 aliphatic carbocycles. The standard InChI is InChI=1S/C22H11FN5O.C11H8N.Ir/c23-13-9-10-15-16-7-4-8-17(20(16)29-19(15)11-13)22-25-21-18(12-24-27-26-21)28(22)14-5-2-1-3-6-14;1-2-6-10(7-3-1)11-8-4-5-9-12-11;/h1-7,9-12H;1-6,8-9H;/q2*-1;. The largest absolute Gasteiger partial charge is 0.500 e. The maximum atomic E-state index is 13.7. The maximum absolute atomic E-state index is 13.7. The van der Waals surface area contributed by atoms with Gasteiger partial charge < -0.3 is 14.0 Å². The van der Waals surface area contributed by atoms with E-state index < -0.39 is 0 Å².